The number of fused-ring (bicyclic) bond motifs is 1. The van der Waals surface area contributed by atoms with Crippen molar-refractivity contribution >= 4 is 28.2 Å². The third-order valence-corrected chi connectivity index (χ3v) is 3.45. The Balaban J connectivity index is 1.83. The summed E-state index contributed by atoms with van der Waals surface area (Å²) in [6.07, 6.45) is 0. The molecule has 0 aliphatic carbocycles. The number of nitrogens with one attached hydrogen (secondary N) is 1. The lowest BCUT2D eigenvalue weighted by atomic mass is 10.2. The molecule has 0 saturated carbocycles. The molecule has 0 radical (unpaired) electrons. The van der Waals surface area contributed by atoms with Gasteiger partial charge in [-0.05, 0) is 30.3 Å². The maximum Gasteiger partial charge on any atom is 0.101 e. The largest absolute Gasteiger partial charge is 0.378 e. The summed E-state index contributed by atoms with van der Waals surface area (Å²) < 4.78 is 0. The average molecular weight is 294 g/mol. The number of pyridine rings is 1. The van der Waals surface area contributed by atoms with E-state index in [4.69, 9.17) is 16.9 Å². The minimum absolute atomic E-state index is 0.542. The van der Waals surface area contributed by atoms with E-state index < -0.39 is 0 Å². The zero-order valence-electron chi connectivity index (χ0n) is 11.2. The molecule has 0 unspecified atom stereocenters. The first kappa shape index (κ1) is 13.4. The fourth-order valence-corrected chi connectivity index (χ4v) is 2.32. The second-order valence-corrected chi connectivity index (χ2v) is 5.09. The fraction of sp³-hybridized carbons (Fsp3) is 0.0588. The van der Waals surface area contributed by atoms with Crippen molar-refractivity contribution in [2.24, 2.45) is 0 Å². The van der Waals surface area contributed by atoms with Crippen LogP contribution in [0.5, 0.6) is 0 Å². The van der Waals surface area contributed by atoms with Crippen molar-refractivity contribution in [2.45, 2.75) is 6.54 Å². The van der Waals surface area contributed by atoms with Crippen LogP contribution in [0.3, 0.4) is 0 Å². The summed E-state index contributed by atoms with van der Waals surface area (Å²) in [7, 11) is 0. The first-order valence-corrected chi connectivity index (χ1v) is 6.92. The van der Waals surface area contributed by atoms with Gasteiger partial charge in [0.05, 0.1) is 29.0 Å². The van der Waals surface area contributed by atoms with E-state index in [2.05, 4.69) is 16.4 Å². The highest BCUT2D eigenvalue weighted by Gasteiger charge is 2.04. The van der Waals surface area contributed by atoms with Gasteiger partial charge >= 0.3 is 0 Å². The lowest BCUT2D eigenvalue weighted by Crippen LogP contribution is -2.03. The van der Waals surface area contributed by atoms with Crippen molar-refractivity contribution in [3.05, 3.63) is 70.9 Å². The number of nitrogens with zero attached hydrogens (tertiary/aromatic N) is 2. The second-order valence-electron chi connectivity index (χ2n) is 4.65. The van der Waals surface area contributed by atoms with Crippen molar-refractivity contribution in [1.29, 1.82) is 5.26 Å². The van der Waals surface area contributed by atoms with Crippen molar-refractivity contribution in [3.8, 4) is 6.07 Å². The predicted molar refractivity (Wildman–Crippen MR) is 85.2 cm³/mol. The summed E-state index contributed by atoms with van der Waals surface area (Å²) in [6.45, 7) is 0.542. The van der Waals surface area contributed by atoms with Gasteiger partial charge in [0.25, 0.3) is 0 Å². The Labute approximate surface area is 127 Å². The molecule has 0 aliphatic heterocycles. The van der Waals surface area contributed by atoms with Crippen LogP contribution < -0.4 is 5.32 Å². The first-order valence-electron chi connectivity index (χ1n) is 6.54. The van der Waals surface area contributed by atoms with Gasteiger partial charge in [-0.15, -0.1) is 0 Å². The summed E-state index contributed by atoms with van der Waals surface area (Å²) >= 11 is 5.97. The molecule has 0 atom stereocenters. The summed E-state index contributed by atoms with van der Waals surface area (Å²) in [6, 6.07) is 19.3. The van der Waals surface area contributed by atoms with E-state index in [1.165, 1.54) is 0 Å². The van der Waals surface area contributed by atoms with Crippen molar-refractivity contribution < 1.29 is 0 Å². The Kier molecular flexibility index (Phi) is 3.72. The smallest absolute Gasteiger partial charge is 0.101 e. The normalized spacial score (nSPS) is 10.3. The molecule has 3 nitrogen and oxygen atoms in total. The number of benzene rings is 2. The third-order valence-electron chi connectivity index (χ3n) is 3.22. The SMILES string of the molecule is N#Cc1ccc(Cl)cc1NCc1ccc2ccccc2n1. The molecule has 21 heavy (non-hydrogen) atoms. The zero-order valence-corrected chi connectivity index (χ0v) is 11.9. The Hall–Kier alpha value is -2.57. The van der Waals surface area contributed by atoms with Crippen LogP contribution in [0.15, 0.2) is 54.6 Å². The van der Waals surface area contributed by atoms with E-state index in [0.29, 0.717) is 17.1 Å². The van der Waals surface area contributed by atoms with Crippen LogP contribution in [0.2, 0.25) is 5.02 Å². The third kappa shape index (κ3) is 2.96. The zero-order chi connectivity index (χ0) is 14.7. The Morgan fingerprint density at radius 2 is 1.95 bits per heavy atom. The number of halogens is 1. The van der Waals surface area contributed by atoms with E-state index in [1.807, 2.05) is 36.4 Å². The highest BCUT2D eigenvalue weighted by molar-refractivity contribution is 6.30. The molecule has 2 aromatic carbocycles. The topological polar surface area (TPSA) is 48.7 Å². The Bertz CT molecular complexity index is 837. The predicted octanol–water partition coefficient (Wildman–Crippen LogP) is 4.37. The molecule has 1 heterocycles. The molecule has 3 aromatic rings. The van der Waals surface area contributed by atoms with Crippen LogP contribution in [-0.4, -0.2) is 4.98 Å². The lowest BCUT2D eigenvalue weighted by molar-refractivity contribution is 1.07. The molecule has 4 heteroatoms. The van der Waals surface area contributed by atoms with Gasteiger partial charge in [0, 0.05) is 10.4 Å². The number of rotatable bonds is 3. The van der Waals surface area contributed by atoms with Gasteiger partial charge in [-0.3, -0.25) is 4.98 Å². The van der Waals surface area contributed by atoms with Gasteiger partial charge in [-0.1, -0.05) is 35.9 Å². The number of nitriles is 1. The Morgan fingerprint density at radius 1 is 1.10 bits per heavy atom. The standard InChI is InChI=1S/C17H12ClN3/c18-14-7-5-13(10-19)17(9-14)20-11-15-8-6-12-3-1-2-4-16(12)21-15/h1-9,20H,11H2. The van der Waals surface area contributed by atoms with Gasteiger partial charge in [0.15, 0.2) is 0 Å². The second kappa shape index (κ2) is 5.82. The minimum Gasteiger partial charge on any atom is -0.378 e. The molecule has 0 spiro atoms. The van der Waals surface area contributed by atoms with Gasteiger partial charge in [0.2, 0.25) is 0 Å². The quantitative estimate of drug-likeness (QED) is 0.780. The molecule has 0 amide bonds. The number of anilines is 1. The van der Waals surface area contributed by atoms with Crippen LogP contribution in [0.25, 0.3) is 10.9 Å². The monoisotopic (exact) mass is 293 g/mol. The van der Waals surface area contributed by atoms with Gasteiger partial charge in [0.1, 0.15) is 6.07 Å². The van der Waals surface area contributed by atoms with E-state index in [-0.39, 0.29) is 0 Å². The molecular formula is C17H12ClN3. The molecular weight excluding hydrogens is 282 g/mol. The maximum atomic E-state index is 9.10. The number of aromatic nitrogens is 1. The van der Waals surface area contributed by atoms with Crippen LogP contribution in [0, 0.1) is 11.3 Å². The maximum absolute atomic E-state index is 9.10. The first-order chi connectivity index (χ1) is 10.3. The van der Waals surface area contributed by atoms with E-state index in [0.717, 1.165) is 22.3 Å². The molecule has 1 aromatic heterocycles. The summed E-state index contributed by atoms with van der Waals surface area (Å²) in [5.41, 5.74) is 3.17. The fourth-order valence-electron chi connectivity index (χ4n) is 2.15. The van der Waals surface area contributed by atoms with Crippen LogP contribution in [0.1, 0.15) is 11.3 Å². The average Bonchev–Trinajstić information content (AvgIpc) is 2.53. The lowest BCUT2D eigenvalue weighted by Gasteiger charge is -2.09. The van der Waals surface area contributed by atoms with E-state index in [9.17, 15) is 0 Å². The van der Waals surface area contributed by atoms with Crippen LogP contribution in [-0.2, 0) is 6.54 Å². The van der Waals surface area contributed by atoms with Crippen molar-refractivity contribution in [2.75, 3.05) is 5.32 Å². The molecule has 0 fully saturated rings. The van der Waals surface area contributed by atoms with Gasteiger partial charge in [-0.2, -0.15) is 5.26 Å². The summed E-state index contributed by atoms with van der Waals surface area (Å²) in [5.74, 6) is 0. The van der Waals surface area contributed by atoms with Crippen LogP contribution in [0.4, 0.5) is 5.69 Å². The van der Waals surface area contributed by atoms with Crippen molar-refractivity contribution in [3.63, 3.8) is 0 Å². The van der Waals surface area contributed by atoms with Crippen LogP contribution >= 0.6 is 11.6 Å². The molecule has 0 aliphatic rings. The highest BCUT2D eigenvalue weighted by Crippen LogP contribution is 2.21. The Morgan fingerprint density at radius 3 is 2.81 bits per heavy atom. The van der Waals surface area contributed by atoms with Gasteiger partial charge < -0.3 is 5.32 Å². The number of hydrogen-bond donors (Lipinski definition) is 1. The van der Waals surface area contributed by atoms with Gasteiger partial charge in [-0.25, -0.2) is 0 Å². The van der Waals surface area contributed by atoms with Crippen molar-refractivity contribution in [1.82, 2.24) is 4.98 Å². The number of para-hydroxylation sites is 1. The summed E-state index contributed by atoms with van der Waals surface area (Å²) in [4.78, 5) is 4.59. The molecule has 0 bridgehead atoms. The molecule has 3 rings (SSSR count). The van der Waals surface area contributed by atoms with E-state index in [1.54, 1.807) is 18.2 Å². The molecule has 0 saturated heterocycles. The molecule has 102 valence electrons. The number of hydrogen-bond acceptors (Lipinski definition) is 3. The molecule has 1 N–H and O–H groups in total. The summed E-state index contributed by atoms with van der Waals surface area (Å²) in [5, 5.41) is 14.0. The van der Waals surface area contributed by atoms with E-state index >= 15 is 0 Å². The minimum atomic E-state index is 0.542. The highest BCUT2D eigenvalue weighted by atomic mass is 35.5.